The van der Waals surface area contributed by atoms with Crippen molar-refractivity contribution in [1.82, 2.24) is 0 Å². The van der Waals surface area contributed by atoms with E-state index in [2.05, 4.69) is 53.3 Å². The van der Waals surface area contributed by atoms with Crippen LogP contribution in [0.2, 0.25) is 0 Å². The number of aryl methyl sites for hydroxylation is 1. The van der Waals surface area contributed by atoms with Crippen LogP contribution in [0.1, 0.15) is 24.5 Å². The van der Waals surface area contributed by atoms with E-state index in [1.165, 1.54) is 23.1 Å². The van der Waals surface area contributed by atoms with Gasteiger partial charge in [-0.1, -0.05) is 67.0 Å². The van der Waals surface area contributed by atoms with Crippen LogP contribution in [0.4, 0.5) is 0 Å². The van der Waals surface area contributed by atoms with Crippen molar-refractivity contribution in [1.29, 1.82) is 0 Å². The fourth-order valence-corrected chi connectivity index (χ4v) is 2.07. The van der Waals surface area contributed by atoms with Crippen LogP contribution in [0.5, 0.6) is 0 Å². The van der Waals surface area contributed by atoms with Crippen molar-refractivity contribution < 1.29 is 0 Å². The van der Waals surface area contributed by atoms with E-state index in [0.717, 1.165) is 12.0 Å². The molecule has 0 fully saturated rings. The molecule has 3 nitrogen and oxygen atoms in total. The summed E-state index contributed by atoms with van der Waals surface area (Å²) < 4.78 is 0. The highest BCUT2D eigenvalue weighted by Gasteiger charge is 1.98. The fourth-order valence-electron chi connectivity index (χ4n) is 2.07. The smallest absolute Gasteiger partial charge is 0.0510 e. The molecule has 2 aromatic rings. The summed E-state index contributed by atoms with van der Waals surface area (Å²) in [4.78, 5) is 2.76. The van der Waals surface area contributed by atoms with Gasteiger partial charge in [-0.2, -0.15) is 0 Å². The molecule has 0 aliphatic rings. The molecule has 2 aromatic carbocycles. The number of hydrogen-bond donors (Lipinski definition) is 0. The largest absolute Gasteiger partial charge is 0.0893 e. The molecule has 0 aromatic heterocycles. The summed E-state index contributed by atoms with van der Waals surface area (Å²) in [6.07, 6.45) is 2.30. The molecular formula is C16H17N3. The molecule has 0 heterocycles. The third kappa shape index (κ3) is 3.60. The summed E-state index contributed by atoms with van der Waals surface area (Å²) in [5.41, 5.74) is 13.1. The minimum Gasteiger partial charge on any atom is -0.0893 e. The topological polar surface area (TPSA) is 48.8 Å². The second-order valence-corrected chi connectivity index (χ2v) is 4.53. The molecule has 0 spiro atoms. The van der Waals surface area contributed by atoms with E-state index < -0.39 is 0 Å². The lowest BCUT2D eigenvalue weighted by Crippen LogP contribution is -1.85. The zero-order chi connectivity index (χ0) is 13.5. The first-order valence-electron chi connectivity index (χ1n) is 6.52. The van der Waals surface area contributed by atoms with Gasteiger partial charge in [-0.25, -0.2) is 0 Å². The van der Waals surface area contributed by atoms with Gasteiger partial charge in [-0.3, -0.25) is 0 Å². The van der Waals surface area contributed by atoms with Gasteiger partial charge >= 0.3 is 0 Å². The normalized spacial score (nSPS) is 9.95. The summed E-state index contributed by atoms with van der Waals surface area (Å²) in [7, 11) is 0. The van der Waals surface area contributed by atoms with Gasteiger partial charge in [-0.15, -0.1) is 0 Å². The van der Waals surface area contributed by atoms with Crippen LogP contribution in [0.25, 0.3) is 21.6 Å². The summed E-state index contributed by atoms with van der Waals surface area (Å²) in [6.45, 7) is 2.60. The van der Waals surface area contributed by atoms with Crippen molar-refractivity contribution in [2.45, 2.75) is 26.3 Å². The lowest BCUT2D eigenvalue weighted by molar-refractivity contribution is 0.922. The highest BCUT2D eigenvalue weighted by atomic mass is 15.1. The molecule has 0 aliphatic heterocycles. The Kier molecular flexibility index (Phi) is 4.60. The standard InChI is InChI=1S/C16H17N3/c1-2-3-13-4-8-15(9-5-13)16-10-6-14(7-11-16)12-18-19-17/h4-11H,2-3,12H2,1H3. The van der Waals surface area contributed by atoms with Gasteiger partial charge in [0.25, 0.3) is 0 Å². The SMILES string of the molecule is CCCc1ccc(-c2ccc(CN=[N+]=[N-])cc2)cc1. The fraction of sp³-hybridized carbons (Fsp3) is 0.250. The van der Waals surface area contributed by atoms with Crippen LogP contribution >= 0.6 is 0 Å². The van der Waals surface area contributed by atoms with Gasteiger partial charge in [-0.05, 0) is 34.2 Å². The molecule has 0 amide bonds. The second-order valence-electron chi connectivity index (χ2n) is 4.53. The molecule has 3 heteroatoms. The van der Waals surface area contributed by atoms with Crippen LogP contribution in [-0.2, 0) is 13.0 Å². The Labute approximate surface area is 113 Å². The van der Waals surface area contributed by atoms with Crippen molar-refractivity contribution in [3.05, 3.63) is 70.1 Å². The molecule has 0 unspecified atom stereocenters. The Morgan fingerprint density at radius 3 is 1.89 bits per heavy atom. The number of azide groups is 1. The minimum absolute atomic E-state index is 0.409. The molecular weight excluding hydrogens is 234 g/mol. The second kappa shape index (κ2) is 6.62. The van der Waals surface area contributed by atoms with Crippen LogP contribution in [0.3, 0.4) is 0 Å². The average molecular weight is 251 g/mol. The first kappa shape index (κ1) is 13.2. The molecule has 96 valence electrons. The van der Waals surface area contributed by atoms with Gasteiger partial charge < -0.3 is 0 Å². The van der Waals surface area contributed by atoms with Gasteiger partial charge in [0, 0.05) is 4.91 Å². The molecule has 0 N–H and O–H groups in total. The highest BCUT2D eigenvalue weighted by Crippen LogP contribution is 2.21. The molecule has 0 saturated carbocycles. The average Bonchev–Trinajstić information content (AvgIpc) is 2.47. The summed E-state index contributed by atoms with van der Waals surface area (Å²) in [5, 5.41) is 3.56. The molecule has 0 saturated heterocycles. The predicted octanol–water partition coefficient (Wildman–Crippen LogP) is 5.12. The summed E-state index contributed by atoms with van der Waals surface area (Å²) >= 11 is 0. The number of rotatable bonds is 5. The maximum Gasteiger partial charge on any atom is 0.0510 e. The van der Waals surface area contributed by atoms with Crippen LogP contribution in [0.15, 0.2) is 53.6 Å². The van der Waals surface area contributed by atoms with Crippen molar-refractivity contribution in [3.63, 3.8) is 0 Å². The first-order valence-corrected chi connectivity index (χ1v) is 6.52. The Morgan fingerprint density at radius 1 is 0.895 bits per heavy atom. The lowest BCUT2D eigenvalue weighted by atomic mass is 10.0. The van der Waals surface area contributed by atoms with E-state index in [1.807, 2.05) is 12.1 Å². The van der Waals surface area contributed by atoms with Gasteiger partial charge in [0.2, 0.25) is 0 Å². The number of nitrogens with zero attached hydrogens (tertiary/aromatic N) is 3. The van der Waals surface area contributed by atoms with E-state index in [-0.39, 0.29) is 0 Å². The zero-order valence-electron chi connectivity index (χ0n) is 11.1. The Hall–Kier alpha value is -2.25. The van der Waals surface area contributed by atoms with Gasteiger partial charge in [0.1, 0.15) is 0 Å². The van der Waals surface area contributed by atoms with Crippen LogP contribution < -0.4 is 0 Å². The molecule has 0 bridgehead atoms. The van der Waals surface area contributed by atoms with E-state index in [1.54, 1.807) is 0 Å². The zero-order valence-corrected chi connectivity index (χ0v) is 11.1. The number of benzene rings is 2. The Morgan fingerprint density at radius 2 is 1.42 bits per heavy atom. The number of hydrogen-bond acceptors (Lipinski definition) is 1. The maximum absolute atomic E-state index is 8.29. The third-order valence-corrected chi connectivity index (χ3v) is 3.10. The van der Waals surface area contributed by atoms with Crippen molar-refractivity contribution in [2.75, 3.05) is 0 Å². The molecule has 2 rings (SSSR count). The Bertz CT molecular complexity index is 564. The van der Waals surface area contributed by atoms with Crippen molar-refractivity contribution in [2.24, 2.45) is 5.11 Å². The van der Waals surface area contributed by atoms with E-state index >= 15 is 0 Å². The molecule has 0 radical (unpaired) electrons. The molecule has 0 atom stereocenters. The van der Waals surface area contributed by atoms with E-state index in [4.69, 9.17) is 5.53 Å². The monoisotopic (exact) mass is 251 g/mol. The van der Waals surface area contributed by atoms with Crippen LogP contribution in [-0.4, -0.2) is 0 Å². The van der Waals surface area contributed by atoms with E-state index in [0.29, 0.717) is 6.54 Å². The van der Waals surface area contributed by atoms with Crippen LogP contribution in [0, 0.1) is 0 Å². The Balaban J connectivity index is 2.14. The predicted molar refractivity (Wildman–Crippen MR) is 78.7 cm³/mol. The van der Waals surface area contributed by atoms with E-state index in [9.17, 15) is 0 Å². The quantitative estimate of drug-likeness (QED) is 0.402. The highest BCUT2D eigenvalue weighted by molar-refractivity contribution is 5.63. The molecule has 0 aliphatic carbocycles. The minimum atomic E-state index is 0.409. The summed E-state index contributed by atoms with van der Waals surface area (Å²) in [5.74, 6) is 0. The maximum atomic E-state index is 8.29. The first-order chi connectivity index (χ1) is 9.33. The lowest BCUT2D eigenvalue weighted by Gasteiger charge is -2.05. The van der Waals surface area contributed by atoms with Gasteiger partial charge in [0.15, 0.2) is 0 Å². The third-order valence-electron chi connectivity index (χ3n) is 3.10. The summed E-state index contributed by atoms with van der Waals surface area (Å²) in [6, 6.07) is 16.8. The molecule has 19 heavy (non-hydrogen) atoms. The van der Waals surface area contributed by atoms with Crippen molar-refractivity contribution >= 4 is 0 Å². The van der Waals surface area contributed by atoms with Gasteiger partial charge in [0.05, 0.1) is 6.54 Å². The van der Waals surface area contributed by atoms with Crippen molar-refractivity contribution in [3.8, 4) is 11.1 Å².